The Hall–Kier alpha value is -1.96. The van der Waals surface area contributed by atoms with Crippen LogP contribution in [0.15, 0.2) is 47.1 Å². The molecular weight excluding hydrogens is 472 g/mol. The molecule has 2 aromatic rings. The summed E-state index contributed by atoms with van der Waals surface area (Å²) in [4.78, 5) is 25.4. The largest absolute Gasteiger partial charge is 0.482 e. The van der Waals surface area contributed by atoms with E-state index >= 15 is 0 Å². The zero-order valence-corrected chi connectivity index (χ0v) is 21.9. The van der Waals surface area contributed by atoms with Crippen molar-refractivity contribution in [2.75, 3.05) is 18.9 Å². The second-order valence-corrected chi connectivity index (χ2v) is 10.1. The standard InChI is InChI=1S/C26H37ClN2O4S/c1-4-5-11-23(24(30)18-34-17-21-9-8-13-32-21)28-15-20(14-19(2)3)29-26(31)16-33-25-12-7-6-10-22(25)27/h6-10,12-13,19-20,23,28H,4-5,11,14-18H2,1-3H3,(H,29,31). The monoisotopic (exact) mass is 508 g/mol. The summed E-state index contributed by atoms with van der Waals surface area (Å²) >= 11 is 7.66. The van der Waals surface area contributed by atoms with E-state index in [9.17, 15) is 9.59 Å². The molecule has 0 aliphatic rings. The van der Waals surface area contributed by atoms with Crippen LogP contribution in [0.25, 0.3) is 0 Å². The van der Waals surface area contributed by atoms with Gasteiger partial charge >= 0.3 is 0 Å². The molecule has 0 saturated heterocycles. The Morgan fingerprint density at radius 3 is 2.65 bits per heavy atom. The lowest BCUT2D eigenvalue weighted by Gasteiger charge is -2.25. The summed E-state index contributed by atoms with van der Waals surface area (Å²) in [5.41, 5.74) is 0. The highest BCUT2D eigenvalue weighted by Crippen LogP contribution is 2.22. The van der Waals surface area contributed by atoms with E-state index in [-0.39, 0.29) is 30.4 Å². The number of furan rings is 1. The van der Waals surface area contributed by atoms with Crippen LogP contribution in [0.4, 0.5) is 0 Å². The zero-order valence-electron chi connectivity index (χ0n) is 20.3. The number of benzene rings is 1. The van der Waals surface area contributed by atoms with Crippen molar-refractivity contribution in [1.29, 1.82) is 0 Å². The number of amides is 1. The molecule has 2 rings (SSSR count). The minimum Gasteiger partial charge on any atom is -0.482 e. The van der Waals surface area contributed by atoms with Gasteiger partial charge in [-0.25, -0.2) is 0 Å². The van der Waals surface area contributed by atoms with Crippen molar-refractivity contribution in [2.24, 2.45) is 5.92 Å². The molecule has 0 saturated carbocycles. The van der Waals surface area contributed by atoms with Crippen molar-refractivity contribution in [3.8, 4) is 5.75 Å². The van der Waals surface area contributed by atoms with Gasteiger partial charge < -0.3 is 19.8 Å². The topological polar surface area (TPSA) is 80.6 Å². The van der Waals surface area contributed by atoms with Crippen molar-refractivity contribution >= 4 is 35.1 Å². The fourth-order valence-corrected chi connectivity index (χ4v) is 4.61. The van der Waals surface area contributed by atoms with Gasteiger partial charge in [0.1, 0.15) is 11.5 Å². The number of unbranched alkanes of at least 4 members (excludes halogenated alkanes) is 1. The second-order valence-electron chi connectivity index (χ2n) is 8.75. The molecule has 0 aliphatic heterocycles. The first-order valence-electron chi connectivity index (χ1n) is 11.9. The smallest absolute Gasteiger partial charge is 0.258 e. The molecule has 0 fully saturated rings. The van der Waals surface area contributed by atoms with Crippen LogP contribution in [0.5, 0.6) is 5.75 Å². The van der Waals surface area contributed by atoms with Gasteiger partial charge in [-0.15, -0.1) is 11.8 Å². The zero-order chi connectivity index (χ0) is 24.8. The molecular formula is C26H37ClN2O4S. The Kier molecular flexibility index (Phi) is 13.2. The number of para-hydroxylation sites is 1. The molecule has 34 heavy (non-hydrogen) atoms. The third kappa shape index (κ3) is 11.0. The van der Waals surface area contributed by atoms with Crippen LogP contribution in [-0.2, 0) is 15.3 Å². The number of carbonyl (C=O) groups excluding carboxylic acids is 2. The molecule has 0 bridgehead atoms. The minimum atomic E-state index is -0.227. The Labute approximate surface area is 212 Å². The van der Waals surface area contributed by atoms with Gasteiger partial charge in [0, 0.05) is 12.6 Å². The number of ketones is 1. The van der Waals surface area contributed by atoms with E-state index in [1.165, 1.54) is 0 Å². The third-order valence-electron chi connectivity index (χ3n) is 5.23. The molecule has 8 heteroatoms. The Morgan fingerprint density at radius 2 is 1.97 bits per heavy atom. The van der Waals surface area contributed by atoms with Gasteiger partial charge in [-0.05, 0) is 43.0 Å². The molecule has 1 aromatic heterocycles. The molecule has 2 N–H and O–H groups in total. The van der Waals surface area contributed by atoms with E-state index in [1.807, 2.05) is 24.3 Å². The van der Waals surface area contributed by atoms with Crippen LogP contribution < -0.4 is 15.4 Å². The quantitative estimate of drug-likeness (QED) is 0.294. The number of thioether (sulfide) groups is 1. The summed E-state index contributed by atoms with van der Waals surface area (Å²) < 4.78 is 10.9. The van der Waals surface area contributed by atoms with Crippen LogP contribution in [0.1, 0.15) is 52.2 Å². The number of ether oxygens (including phenoxy) is 1. The minimum absolute atomic E-state index is 0.102. The number of halogens is 1. The summed E-state index contributed by atoms with van der Waals surface area (Å²) in [7, 11) is 0. The number of carbonyl (C=O) groups is 2. The first-order chi connectivity index (χ1) is 16.4. The molecule has 0 radical (unpaired) electrons. The Balaban J connectivity index is 1.86. The van der Waals surface area contributed by atoms with E-state index < -0.39 is 0 Å². The molecule has 0 aliphatic carbocycles. The summed E-state index contributed by atoms with van der Waals surface area (Å²) in [6.45, 7) is 6.77. The fourth-order valence-electron chi connectivity index (χ4n) is 3.55. The summed E-state index contributed by atoms with van der Waals surface area (Å²) in [5, 5.41) is 6.95. The maximum Gasteiger partial charge on any atom is 0.258 e. The molecule has 6 nitrogen and oxygen atoms in total. The van der Waals surface area contributed by atoms with Crippen molar-refractivity contribution in [1.82, 2.24) is 10.6 Å². The molecule has 1 heterocycles. The van der Waals surface area contributed by atoms with Crippen LogP contribution in [0.2, 0.25) is 5.02 Å². The first-order valence-corrected chi connectivity index (χ1v) is 13.4. The molecule has 1 aromatic carbocycles. The van der Waals surface area contributed by atoms with E-state index in [2.05, 4.69) is 31.4 Å². The van der Waals surface area contributed by atoms with Crippen molar-refractivity contribution in [2.45, 2.75) is 64.3 Å². The summed E-state index contributed by atoms with van der Waals surface area (Å²) in [6.07, 6.45) is 5.23. The van der Waals surface area contributed by atoms with Gasteiger partial charge in [0.25, 0.3) is 5.91 Å². The van der Waals surface area contributed by atoms with Crippen molar-refractivity contribution < 1.29 is 18.7 Å². The lowest BCUT2D eigenvalue weighted by atomic mass is 10.0. The predicted octanol–water partition coefficient (Wildman–Crippen LogP) is 5.49. The number of nitrogens with one attached hydrogen (secondary N) is 2. The van der Waals surface area contributed by atoms with Gasteiger partial charge in [-0.3, -0.25) is 9.59 Å². The SMILES string of the molecule is CCCCC(NCC(CC(C)C)NC(=O)COc1ccccc1Cl)C(=O)CSCc1ccco1. The predicted molar refractivity (Wildman–Crippen MR) is 140 cm³/mol. The van der Waals surface area contributed by atoms with E-state index in [4.69, 9.17) is 20.8 Å². The number of hydrogen-bond donors (Lipinski definition) is 2. The lowest BCUT2D eigenvalue weighted by molar-refractivity contribution is -0.123. The lowest BCUT2D eigenvalue weighted by Crippen LogP contribution is -2.49. The maximum atomic E-state index is 12.9. The highest BCUT2D eigenvalue weighted by atomic mass is 35.5. The van der Waals surface area contributed by atoms with Crippen molar-refractivity contribution in [3.63, 3.8) is 0 Å². The highest BCUT2D eigenvalue weighted by molar-refractivity contribution is 7.99. The molecule has 1 amide bonds. The highest BCUT2D eigenvalue weighted by Gasteiger charge is 2.21. The van der Waals surface area contributed by atoms with Crippen LogP contribution in [-0.4, -0.2) is 42.7 Å². The summed E-state index contributed by atoms with van der Waals surface area (Å²) in [5.74, 6) is 2.82. The van der Waals surface area contributed by atoms with Gasteiger partial charge in [0.05, 0.1) is 28.8 Å². The molecule has 188 valence electrons. The van der Waals surface area contributed by atoms with Gasteiger partial charge in [-0.2, -0.15) is 0 Å². The summed E-state index contributed by atoms with van der Waals surface area (Å²) in [6, 6.07) is 10.5. The Morgan fingerprint density at radius 1 is 1.18 bits per heavy atom. The van der Waals surface area contributed by atoms with Crippen LogP contribution >= 0.6 is 23.4 Å². The number of hydrogen-bond acceptors (Lipinski definition) is 6. The molecule has 0 spiro atoms. The van der Waals surface area contributed by atoms with Crippen molar-refractivity contribution in [3.05, 3.63) is 53.4 Å². The molecule has 2 atom stereocenters. The Bertz CT molecular complexity index is 860. The fraction of sp³-hybridized carbons (Fsp3) is 0.538. The van der Waals surface area contributed by atoms with E-state index in [1.54, 1.807) is 30.2 Å². The molecule has 2 unspecified atom stereocenters. The number of rotatable bonds is 17. The van der Waals surface area contributed by atoms with E-state index in [0.29, 0.717) is 34.7 Å². The van der Waals surface area contributed by atoms with Gasteiger partial charge in [-0.1, -0.05) is 57.3 Å². The van der Waals surface area contributed by atoms with Crippen LogP contribution in [0, 0.1) is 5.92 Å². The normalized spacial score (nSPS) is 13.0. The van der Waals surface area contributed by atoms with Crippen LogP contribution in [0.3, 0.4) is 0 Å². The average molecular weight is 509 g/mol. The van der Waals surface area contributed by atoms with Gasteiger partial charge in [0.15, 0.2) is 12.4 Å². The average Bonchev–Trinajstić information content (AvgIpc) is 3.31. The number of Topliss-reactive ketones (excluding diaryl/α,β-unsaturated/α-hetero) is 1. The second kappa shape index (κ2) is 15.8. The maximum absolute atomic E-state index is 12.9. The van der Waals surface area contributed by atoms with E-state index in [0.717, 1.165) is 31.4 Å². The van der Waals surface area contributed by atoms with Gasteiger partial charge in [0.2, 0.25) is 0 Å². The first kappa shape index (κ1) is 28.3. The third-order valence-corrected chi connectivity index (χ3v) is 6.52.